The number of hydrazine groups is 1. The highest BCUT2D eigenvalue weighted by molar-refractivity contribution is 5.27. The maximum atomic E-state index is 13.7. The predicted molar refractivity (Wildman–Crippen MR) is 80.6 cm³/mol. The predicted octanol–water partition coefficient (Wildman–Crippen LogP) is 3.53. The summed E-state index contributed by atoms with van der Waals surface area (Å²) >= 11 is 0. The van der Waals surface area contributed by atoms with Crippen LogP contribution in [0.15, 0.2) is 48.5 Å². The van der Waals surface area contributed by atoms with Gasteiger partial charge in [-0.2, -0.15) is 0 Å². The van der Waals surface area contributed by atoms with Crippen molar-refractivity contribution in [3.8, 4) is 0 Å². The Bertz CT molecular complexity index is 537. The van der Waals surface area contributed by atoms with Crippen LogP contribution in [-0.4, -0.2) is 0 Å². The summed E-state index contributed by atoms with van der Waals surface area (Å²) in [6.45, 7) is 2.16. The Morgan fingerprint density at radius 2 is 1.80 bits per heavy atom. The van der Waals surface area contributed by atoms with E-state index in [0.717, 1.165) is 18.4 Å². The summed E-state index contributed by atoms with van der Waals surface area (Å²) < 4.78 is 13.7. The van der Waals surface area contributed by atoms with Crippen molar-refractivity contribution in [2.45, 2.75) is 32.2 Å². The van der Waals surface area contributed by atoms with E-state index in [-0.39, 0.29) is 11.9 Å². The minimum absolute atomic E-state index is 0.0809. The van der Waals surface area contributed by atoms with Crippen LogP contribution in [0.4, 0.5) is 4.39 Å². The molecule has 2 nitrogen and oxygen atoms in total. The minimum atomic E-state index is -0.185. The van der Waals surface area contributed by atoms with E-state index in [1.54, 1.807) is 12.1 Å². The van der Waals surface area contributed by atoms with Crippen molar-refractivity contribution in [1.29, 1.82) is 0 Å². The number of aryl methyl sites for hydroxylation is 1. The first-order valence-electron chi connectivity index (χ1n) is 7.03. The topological polar surface area (TPSA) is 38.0 Å². The van der Waals surface area contributed by atoms with Gasteiger partial charge in [-0.3, -0.25) is 11.3 Å². The zero-order chi connectivity index (χ0) is 14.4. The van der Waals surface area contributed by atoms with E-state index >= 15 is 0 Å². The summed E-state index contributed by atoms with van der Waals surface area (Å²) in [6.07, 6.45) is 2.75. The molecular weight excluding hydrogens is 251 g/mol. The smallest absolute Gasteiger partial charge is 0.126 e. The largest absolute Gasteiger partial charge is 0.271 e. The van der Waals surface area contributed by atoms with Crippen LogP contribution in [0.1, 0.15) is 36.1 Å². The third-order valence-corrected chi connectivity index (χ3v) is 3.50. The first kappa shape index (κ1) is 14.7. The first-order chi connectivity index (χ1) is 9.74. The Kier molecular flexibility index (Phi) is 5.27. The van der Waals surface area contributed by atoms with Gasteiger partial charge in [-0.1, -0.05) is 55.8 Å². The summed E-state index contributed by atoms with van der Waals surface area (Å²) in [4.78, 5) is 0. The molecule has 3 heteroatoms. The summed E-state index contributed by atoms with van der Waals surface area (Å²) in [6, 6.07) is 15.1. The summed E-state index contributed by atoms with van der Waals surface area (Å²) in [5.41, 5.74) is 5.85. The molecule has 0 bridgehead atoms. The van der Waals surface area contributed by atoms with E-state index in [1.165, 1.54) is 11.6 Å². The highest BCUT2D eigenvalue weighted by Crippen LogP contribution is 2.20. The third kappa shape index (κ3) is 3.65. The van der Waals surface area contributed by atoms with Crippen LogP contribution in [-0.2, 0) is 12.8 Å². The molecule has 3 N–H and O–H groups in total. The second-order valence-electron chi connectivity index (χ2n) is 5.01. The lowest BCUT2D eigenvalue weighted by Crippen LogP contribution is -2.29. The minimum Gasteiger partial charge on any atom is -0.271 e. The lowest BCUT2D eigenvalue weighted by Gasteiger charge is -2.17. The van der Waals surface area contributed by atoms with Crippen molar-refractivity contribution >= 4 is 0 Å². The van der Waals surface area contributed by atoms with E-state index in [4.69, 9.17) is 5.84 Å². The van der Waals surface area contributed by atoms with E-state index in [0.29, 0.717) is 12.0 Å². The van der Waals surface area contributed by atoms with Crippen molar-refractivity contribution < 1.29 is 4.39 Å². The number of hydrogen-bond acceptors (Lipinski definition) is 2. The molecule has 0 spiro atoms. The van der Waals surface area contributed by atoms with Gasteiger partial charge in [0.1, 0.15) is 5.82 Å². The molecule has 0 fully saturated rings. The number of hydrogen-bond donors (Lipinski definition) is 2. The third-order valence-electron chi connectivity index (χ3n) is 3.50. The van der Waals surface area contributed by atoms with Crippen molar-refractivity contribution in [2.24, 2.45) is 5.84 Å². The van der Waals surface area contributed by atoms with Gasteiger partial charge in [0, 0.05) is 0 Å². The normalized spacial score (nSPS) is 12.3. The molecule has 0 aliphatic carbocycles. The Balaban J connectivity index is 2.13. The first-order valence-corrected chi connectivity index (χ1v) is 7.03. The molecule has 20 heavy (non-hydrogen) atoms. The van der Waals surface area contributed by atoms with Crippen LogP contribution >= 0.6 is 0 Å². The van der Waals surface area contributed by atoms with Crippen LogP contribution in [0, 0.1) is 5.82 Å². The number of halogens is 1. The van der Waals surface area contributed by atoms with E-state index in [9.17, 15) is 4.39 Å². The number of rotatable bonds is 6. The maximum absolute atomic E-state index is 13.7. The molecular formula is C17H21FN2. The lowest BCUT2D eigenvalue weighted by atomic mass is 9.97. The van der Waals surface area contributed by atoms with Crippen molar-refractivity contribution in [3.05, 3.63) is 71.0 Å². The molecule has 0 amide bonds. The number of benzene rings is 2. The van der Waals surface area contributed by atoms with Gasteiger partial charge < -0.3 is 0 Å². The SMILES string of the molecule is CCCc1ccc(C(Cc2ccccc2F)NN)cc1. The van der Waals surface area contributed by atoms with Gasteiger partial charge in [0.2, 0.25) is 0 Å². The summed E-state index contributed by atoms with van der Waals surface area (Å²) in [5.74, 6) is 5.44. The van der Waals surface area contributed by atoms with Gasteiger partial charge in [0.25, 0.3) is 0 Å². The fourth-order valence-corrected chi connectivity index (χ4v) is 2.36. The van der Waals surface area contributed by atoms with Crippen LogP contribution in [0.2, 0.25) is 0 Å². The molecule has 0 saturated carbocycles. The molecule has 0 aliphatic heterocycles. The Morgan fingerprint density at radius 1 is 1.10 bits per heavy atom. The van der Waals surface area contributed by atoms with Crippen LogP contribution < -0.4 is 11.3 Å². The average Bonchev–Trinajstić information content (AvgIpc) is 2.48. The molecule has 1 unspecified atom stereocenters. The van der Waals surface area contributed by atoms with Crippen LogP contribution in [0.3, 0.4) is 0 Å². The molecule has 0 radical (unpaired) electrons. The molecule has 0 saturated heterocycles. The molecule has 106 valence electrons. The van der Waals surface area contributed by atoms with E-state index < -0.39 is 0 Å². The van der Waals surface area contributed by atoms with Crippen LogP contribution in [0.5, 0.6) is 0 Å². The maximum Gasteiger partial charge on any atom is 0.126 e. The van der Waals surface area contributed by atoms with E-state index in [2.05, 4.69) is 36.6 Å². The molecule has 2 aromatic rings. The number of nitrogens with two attached hydrogens (primary N) is 1. The van der Waals surface area contributed by atoms with E-state index in [1.807, 2.05) is 6.07 Å². The van der Waals surface area contributed by atoms with Crippen molar-refractivity contribution in [2.75, 3.05) is 0 Å². The van der Waals surface area contributed by atoms with Crippen LogP contribution in [0.25, 0.3) is 0 Å². The highest BCUT2D eigenvalue weighted by Gasteiger charge is 2.12. The van der Waals surface area contributed by atoms with Gasteiger partial charge in [0.05, 0.1) is 6.04 Å². The van der Waals surface area contributed by atoms with Crippen molar-refractivity contribution in [3.63, 3.8) is 0 Å². The van der Waals surface area contributed by atoms with Gasteiger partial charge >= 0.3 is 0 Å². The van der Waals surface area contributed by atoms with Gasteiger partial charge in [-0.05, 0) is 35.6 Å². The summed E-state index contributed by atoms with van der Waals surface area (Å²) in [7, 11) is 0. The Morgan fingerprint density at radius 3 is 2.40 bits per heavy atom. The quantitative estimate of drug-likeness (QED) is 0.623. The molecule has 0 aromatic heterocycles. The Labute approximate surface area is 119 Å². The molecule has 0 aliphatic rings. The second-order valence-corrected chi connectivity index (χ2v) is 5.01. The number of nitrogens with one attached hydrogen (secondary N) is 1. The summed E-state index contributed by atoms with van der Waals surface area (Å²) in [5, 5.41) is 0. The fraction of sp³-hybridized carbons (Fsp3) is 0.294. The molecule has 1 atom stereocenters. The second kappa shape index (κ2) is 7.17. The van der Waals surface area contributed by atoms with Crippen molar-refractivity contribution in [1.82, 2.24) is 5.43 Å². The molecule has 2 rings (SSSR count). The average molecular weight is 272 g/mol. The standard InChI is InChI=1S/C17H21FN2/c1-2-5-13-8-10-14(11-9-13)17(20-19)12-15-6-3-4-7-16(15)18/h3-4,6-11,17,20H,2,5,12,19H2,1H3. The van der Waals surface area contributed by atoms with Gasteiger partial charge in [-0.15, -0.1) is 0 Å². The molecule has 2 aromatic carbocycles. The Hall–Kier alpha value is -1.71. The fourth-order valence-electron chi connectivity index (χ4n) is 2.36. The zero-order valence-electron chi connectivity index (χ0n) is 11.8. The lowest BCUT2D eigenvalue weighted by molar-refractivity contribution is 0.529. The highest BCUT2D eigenvalue weighted by atomic mass is 19.1. The zero-order valence-corrected chi connectivity index (χ0v) is 11.8. The molecule has 0 heterocycles. The monoisotopic (exact) mass is 272 g/mol. The van der Waals surface area contributed by atoms with Gasteiger partial charge in [-0.25, -0.2) is 4.39 Å². The van der Waals surface area contributed by atoms with Gasteiger partial charge in [0.15, 0.2) is 0 Å².